The maximum absolute atomic E-state index is 13.3. The molecular weight excluding hydrogens is 295 g/mol. The highest BCUT2D eigenvalue weighted by molar-refractivity contribution is 7.91. The van der Waals surface area contributed by atoms with Crippen molar-refractivity contribution in [2.24, 2.45) is 4.99 Å². The largest absolute Gasteiger partial charge is 0.287 e. The second-order valence-corrected chi connectivity index (χ2v) is 6.44. The first kappa shape index (κ1) is 13.7. The molecule has 7 heteroatoms. The molecular formula is C14H11FN2O3S. The fourth-order valence-corrected chi connectivity index (χ4v) is 3.61. The molecule has 21 heavy (non-hydrogen) atoms. The highest BCUT2D eigenvalue weighted by atomic mass is 32.2. The molecule has 0 aromatic heterocycles. The van der Waals surface area contributed by atoms with Gasteiger partial charge in [-0.25, -0.2) is 17.9 Å². The van der Waals surface area contributed by atoms with Gasteiger partial charge < -0.3 is 0 Å². The Morgan fingerprint density at radius 1 is 1.19 bits per heavy atom. The van der Waals surface area contributed by atoms with Crippen molar-refractivity contribution < 1.29 is 18.0 Å². The lowest BCUT2D eigenvalue weighted by atomic mass is 10.3. The highest BCUT2D eigenvalue weighted by Crippen LogP contribution is 2.18. The summed E-state index contributed by atoms with van der Waals surface area (Å²) in [5.74, 6) is -0.620. The summed E-state index contributed by atoms with van der Waals surface area (Å²) in [5.41, 5.74) is 0. The standard InChI is InChI=1S/C14H11FN2O3S/c15-11-4-2-5-12(7-11)21(19,20)13-6-1-3-10-8-17(18)9-16-14(10)13/h1-8,18H,9H2. The van der Waals surface area contributed by atoms with Crippen molar-refractivity contribution in [3.05, 3.63) is 58.9 Å². The summed E-state index contributed by atoms with van der Waals surface area (Å²) in [6.45, 7) is -0.0529. The van der Waals surface area contributed by atoms with Gasteiger partial charge in [0.15, 0.2) is 0 Å². The first-order valence-electron chi connectivity index (χ1n) is 6.10. The molecule has 1 aliphatic rings. The minimum atomic E-state index is -3.87. The molecule has 1 heterocycles. The van der Waals surface area contributed by atoms with Gasteiger partial charge in [-0.05, 0) is 24.3 Å². The van der Waals surface area contributed by atoms with Gasteiger partial charge in [0.05, 0.1) is 15.1 Å². The van der Waals surface area contributed by atoms with E-state index in [1.54, 1.807) is 12.1 Å². The van der Waals surface area contributed by atoms with Crippen molar-refractivity contribution in [3.8, 4) is 0 Å². The third-order valence-corrected chi connectivity index (χ3v) is 4.87. The van der Waals surface area contributed by atoms with Gasteiger partial charge >= 0.3 is 0 Å². The topological polar surface area (TPSA) is 70.0 Å². The molecule has 0 atom stereocenters. The number of hydrogen-bond donors (Lipinski definition) is 1. The van der Waals surface area contributed by atoms with Crippen LogP contribution >= 0.6 is 0 Å². The molecule has 0 radical (unpaired) electrons. The zero-order chi connectivity index (χ0) is 15.0. The molecule has 1 N–H and O–H groups in total. The summed E-state index contributed by atoms with van der Waals surface area (Å²) >= 11 is 0. The lowest BCUT2D eigenvalue weighted by Gasteiger charge is -2.13. The Bertz CT molecular complexity index is 925. The van der Waals surface area contributed by atoms with Crippen molar-refractivity contribution in [1.29, 1.82) is 0 Å². The lowest BCUT2D eigenvalue weighted by Crippen LogP contribution is -2.37. The molecule has 0 amide bonds. The van der Waals surface area contributed by atoms with Crippen molar-refractivity contribution in [2.45, 2.75) is 9.79 Å². The second-order valence-electron chi connectivity index (χ2n) is 4.52. The molecule has 0 fully saturated rings. The number of fused-ring (bicyclic) bond motifs is 1. The van der Waals surface area contributed by atoms with Crippen LogP contribution in [0.4, 0.5) is 4.39 Å². The minimum Gasteiger partial charge on any atom is -0.287 e. The number of hydrogen-bond acceptors (Lipinski definition) is 5. The Morgan fingerprint density at radius 2 is 1.95 bits per heavy atom. The second kappa shape index (κ2) is 4.94. The molecule has 108 valence electrons. The number of hydroxylamine groups is 2. The van der Waals surface area contributed by atoms with Crippen molar-refractivity contribution in [1.82, 2.24) is 5.06 Å². The Hall–Kier alpha value is -2.25. The van der Waals surface area contributed by atoms with Crippen LogP contribution in [0.25, 0.3) is 6.20 Å². The van der Waals surface area contributed by atoms with E-state index in [-0.39, 0.29) is 21.8 Å². The minimum absolute atomic E-state index is 0.00468. The van der Waals surface area contributed by atoms with E-state index in [9.17, 15) is 18.0 Å². The first-order chi connectivity index (χ1) is 9.98. The Morgan fingerprint density at radius 3 is 2.71 bits per heavy atom. The van der Waals surface area contributed by atoms with E-state index in [2.05, 4.69) is 4.99 Å². The van der Waals surface area contributed by atoms with Crippen LogP contribution in [0.3, 0.4) is 0 Å². The lowest BCUT2D eigenvalue weighted by molar-refractivity contribution is -0.0200. The third kappa shape index (κ3) is 2.41. The summed E-state index contributed by atoms with van der Waals surface area (Å²) in [6.07, 6.45) is 1.40. The molecule has 1 aliphatic heterocycles. The number of para-hydroxylation sites is 1. The number of sulfone groups is 1. The number of rotatable bonds is 2. The predicted octanol–water partition coefficient (Wildman–Crippen LogP) is 0.678. The van der Waals surface area contributed by atoms with Crippen molar-refractivity contribution in [3.63, 3.8) is 0 Å². The Balaban J connectivity index is 2.28. The van der Waals surface area contributed by atoms with Crippen LogP contribution in [0.5, 0.6) is 0 Å². The summed E-state index contributed by atoms with van der Waals surface area (Å²) < 4.78 is 38.5. The van der Waals surface area contributed by atoms with Gasteiger partial charge in [-0.1, -0.05) is 18.2 Å². The van der Waals surface area contributed by atoms with Crippen molar-refractivity contribution >= 4 is 16.0 Å². The van der Waals surface area contributed by atoms with Gasteiger partial charge in [0, 0.05) is 11.4 Å². The van der Waals surface area contributed by atoms with Gasteiger partial charge in [0.1, 0.15) is 12.5 Å². The van der Waals surface area contributed by atoms with Crippen LogP contribution in [0.1, 0.15) is 0 Å². The van der Waals surface area contributed by atoms with E-state index in [1.807, 2.05) is 0 Å². The smallest absolute Gasteiger partial charge is 0.208 e. The molecule has 2 aromatic rings. The van der Waals surface area contributed by atoms with Crippen molar-refractivity contribution in [2.75, 3.05) is 6.67 Å². The molecule has 0 saturated carbocycles. The fraction of sp³-hybridized carbons (Fsp3) is 0.0714. The maximum atomic E-state index is 13.3. The first-order valence-corrected chi connectivity index (χ1v) is 7.58. The van der Waals surface area contributed by atoms with Gasteiger partial charge in [-0.3, -0.25) is 10.2 Å². The normalized spacial score (nSPS) is 14.1. The molecule has 0 spiro atoms. The Labute approximate surface area is 120 Å². The fourth-order valence-electron chi connectivity index (χ4n) is 2.14. The highest BCUT2D eigenvalue weighted by Gasteiger charge is 2.21. The maximum Gasteiger partial charge on any atom is 0.208 e. The zero-order valence-corrected chi connectivity index (χ0v) is 11.6. The molecule has 3 rings (SSSR count). The number of halogens is 1. The van der Waals surface area contributed by atoms with E-state index < -0.39 is 15.7 Å². The zero-order valence-electron chi connectivity index (χ0n) is 10.8. The van der Waals surface area contributed by atoms with E-state index in [4.69, 9.17) is 0 Å². The van der Waals surface area contributed by atoms with Gasteiger partial charge in [0.2, 0.25) is 9.84 Å². The van der Waals surface area contributed by atoms with E-state index in [0.717, 1.165) is 11.1 Å². The molecule has 2 aromatic carbocycles. The molecule has 0 aliphatic carbocycles. The van der Waals surface area contributed by atoms with Gasteiger partial charge in [0.25, 0.3) is 0 Å². The Kier molecular flexibility index (Phi) is 3.23. The monoisotopic (exact) mass is 306 g/mol. The summed E-state index contributed by atoms with van der Waals surface area (Å²) in [7, 11) is -3.87. The van der Waals surface area contributed by atoms with E-state index in [0.29, 0.717) is 5.22 Å². The quantitative estimate of drug-likeness (QED) is 0.886. The van der Waals surface area contributed by atoms with Crippen LogP contribution in [0.15, 0.2) is 57.2 Å². The summed E-state index contributed by atoms with van der Waals surface area (Å²) in [4.78, 5) is 3.93. The van der Waals surface area contributed by atoms with E-state index >= 15 is 0 Å². The SMILES string of the molecule is O=S(=O)(c1cccc(F)c1)c1cccc2c1=NCN(O)C=2. The predicted molar refractivity (Wildman–Crippen MR) is 72.0 cm³/mol. The van der Waals surface area contributed by atoms with Crippen LogP contribution in [-0.4, -0.2) is 25.4 Å². The van der Waals surface area contributed by atoms with Crippen LogP contribution < -0.4 is 10.6 Å². The molecule has 0 unspecified atom stereocenters. The number of nitrogens with zero attached hydrogens (tertiary/aromatic N) is 2. The van der Waals surface area contributed by atoms with Crippen LogP contribution in [-0.2, 0) is 9.84 Å². The van der Waals surface area contributed by atoms with Crippen LogP contribution in [0.2, 0.25) is 0 Å². The third-order valence-electron chi connectivity index (χ3n) is 3.09. The summed E-state index contributed by atoms with van der Waals surface area (Å²) in [6, 6.07) is 9.45. The molecule has 5 nitrogen and oxygen atoms in total. The average Bonchev–Trinajstić information content (AvgIpc) is 2.46. The number of benzene rings is 2. The van der Waals surface area contributed by atoms with Gasteiger partial charge in [-0.2, -0.15) is 0 Å². The van der Waals surface area contributed by atoms with Crippen LogP contribution in [0, 0.1) is 5.82 Å². The molecule has 0 saturated heterocycles. The summed E-state index contributed by atoms with van der Waals surface area (Å²) in [5, 5.41) is 11.0. The van der Waals surface area contributed by atoms with E-state index in [1.165, 1.54) is 30.5 Å². The van der Waals surface area contributed by atoms with Gasteiger partial charge in [-0.15, -0.1) is 0 Å². The molecule has 0 bridgehead atoms. The average molecular weight is 306 g/mol.